The first-order valence-corrected chi connectivity index (χ1v) is 6.11. The largest absolute Gasteiger partial charge is 0.481 e. The number of aliphatic carboxylic acids is 1. The third kappa shape index (κ3) is 4.18. The van der Waals surface area contributed by atoms with Crippen LogP contribution in [0.2, 0.25) is 0 Å². The van der Waals surface area contributed by atoms with E-state index in [1.165, 1.54) is 11.8 Å². The molecule has 0 bridgehead atoms. The highest BCUT2D eigenvalue weighted by Gasteiger charge is 2.20. The summed E-state index contributed by atoms with van der Waals surface area (Å²) in [5, 5.41) is 16.6. The van der Waals surface area contributed by atoms with Crippen molar-refractivity contribution in [2.75, 3.05) is 5.75 Å². The summed E-state index contributed by atoms with van der Waals surface area (Å²) < 4.78 is 0. The standard InChI is InChI=1S/C10H15N3O3S/c1-10(2,3)7-8(16)11-9(13-12-7)17-5-4-6(14)15/h4-5H2,1-3H3,(H,14,15)(H,11,13,16). The van der Waals surface area contributed by atoms with Crippen LogP contribution >= 0.6 is 11.8 Å². The fourth-order valence-electron chi connectivity index (χ4n) is 1.11. The van der Waals surface area contributed by atoms with Crippen LogP contribution in [0.1, 0.15) is 32.9 Å². The van der Waals surface area contributed by atoms with E-state index >= 15 is 0 Å². The lowest BCUT2D eigenvalue weighted by molar-refractivity contribution is -0.136. The van der Waals surface area contributed by atoms with Crippen molar-refractivity contribution in [2.45, 2.75) is 37.8 Å². The van der Waals surface area contributed by atoms with Crippen LogP contribution in [0.15, 0.2) is 9.95 Å². The van der Waals surface area contributed by atoms with Gasteiger partial charge in [-0.25, -0.2) is 0 Å². The van der Waals surface area contributed by atoms with E-state index in [1.807, 2.05) is 20.8 Å². The maximum Gasteiger partial charge on any atom is 0.304 e. The van der Waals surface area contributed by atoms with Crippen molar-refractivity contribution < 1.29 is 9.90 Å². The first kappa shape index (κ1) is 13.7. The molecule has 7 heteroatoms. The molecular weight excluding hydrogens is 242 g/mol. The monoisotopic (exact) mass is 257 g/mol. The van der Waals surface area contributed by atoms with Gasteiger partial charge in [-0.2, -0.15) is 0 Å². The summed E-state index contributed by atoms with van der Waals surface area (Å²) in [5.41, 5.74) is -0.254. The lowest BCUT2D eigenvalue weighted by atomic mass is 9.93. The van der Waals surface area contributed by atoms with E-state index < -0.39 is 5.97 Å². The Morgan fingerprint density at radius 2 is 2.06 bits per heavy atom. The predicted octanol–water partition coefficient (Wildman–Crippen LogP) is 1.03. The van der Waals surface area contributed by atoms with Gasteiger partial charge in [-0.1, -0.05) is 32.5 Å². The molecule has 0 saturated carbocycles. The highest BCUT2D eigenvalue weighted by atomic mass is 32.2. The number of rotatable bonds is 4. The van der Waals surface area contributed by atoms with Crippen LogP contribution in [0.5, 0.6) is 0 Å². The zero-order valence-electron chi connectivity index (χ0n) is 9.98. The number of carboxylic acid groups (broad SMARTS) is 1. The van der Waals surface area contributed by atoms with Gasteiger partial charge in [0, 0.05) is 11.2 Å². The molecule has 0 spiro atoms. The Morgan fingerprint density at radius 3 is 2.53 bits per heavy atom. The second-order valence-corrected chi connectivity index (χ2v) is 5.63. The van der Waals surface area contributed by atoms with E-state index in [0.29, 0.717) is 16.6 Å². The van der Waals surface area contributed by atoms with Gasteiger partial charge in [0.15, 0.2) is 5.16 Å². The summed E-state index contributed by atoms with van der Waals surface area (Å²) in [6.45, 7) is 5.64. The van der Waals surface area contributed by atoms with E-state index in [2.05, 4.69) is 15.2 Å². The van der Waals surface area contributed by atoms with Gasteiger partial charge < -0.3 is 5.11 Å². The molecule has 0 amide bonds. The quantitative estimate of drug-likeness (QED) is 0.782. The number of thioether (sulfide) groups is 1. The zero-order valence-corrected chi connectivity index (χ0v) is 10.8. The van der Waals surface area contributed by atoms with Crippen molar-refractivity contribution in [1.29, 1.82) is 0 Å². The average Bonchev–Trinajstić information content (AvgIpc) is 2.14. The maximum atomic E-state index is 11.7. The molecule has 0 unspecified atom stereocenters. The van der Waals surface area contributed by atoms with Gasteiger partial charge in [-0.15, -0.1) is 10.2 Å². The van der Waals surface area contributed by atoms with Crippen molar-refractivity contribution in [3.05, 3.63) is 16.0 Å². The fraction of sp³-hybridized carbons (Fsp3) is 0.600. The van der Waals surface area contributed by atoms with Crippen molar-refractivity contribution in [2.24, 2.45) is 0 Å². The minimum Gasteiger partial charge on any atom is -0.481 e. The molecule has 0 aliphatic heterocycles. The van der Waals surface area contributed by atoms with Crippen LogP contribution in [0, 0.1) is 0 Å². The molecule has 2 N–H and O–H groups in total. The molecule has 1 aromatic rings. The number of aromatic amines is 1. The average molecular weight is 257 g/mol. The van der Waals surface area contributed by atoms with E-state index in [9.17, 15) is 9.59 Å². The molecule has 0 radical (unpaired) electrons. The van der Waals surface area contributed by atoms with Gasteiger partial charge in [0.2, 0.25) is 0 Å². The Morgan fingerprint density at radius 1 is 1.41 bits per heavy atom. The third-order valence-corrected chi connectivity index (χ3v) is 2.81. The number of nitrogens with one attached hydrogen (secondary N) is 1. The molecule has 1 aromatic heterocycles. The molecule has 1 heterocycles. The predicted molar refractivity (Wildman–Crippen MR) is 64.3 cm³/mol. The van der Waals surface area contributed by atoms with Gasteiger partial charge in [0.1, 0.15) is 5.69 Å². The smallest absolute Gasteiger partial charge is 0.304 e. The Labute approximate surface area is 103 Å². The number of aromatic nitrogens is 3. The minimum absolute atomic E-state index is 0.0232. The van der Waals surface area contributed by atoms with Gasteiger partial charge in [-0.3, -0.25) is 14.6 Å². The number of H-pyrrole nitrogens is 1. The van der Waals surface area contributed by atoms with Gasteiger partial charge in [0.25, 0.3) is 5.56 Å². The molecule has 17 heavy (non-hydrogen) atoms. The number of nitrogens with zero attached hydrogens (tertiary/aromatic N) is 2. The molecule has 0 saturated heterocycles. The van der Waals surface area contributed by atoms with E-state index in [4.69, 9.17) is 5.11 Å². The Balaban J connectivity index is 2.76. The zero-order chi connectivity index (χ0) is 13.1. The molecular formula is C10H15N3O3S. The second-order valence-electron chi connectivity index (χ2n) is 4.55. The molecule has 0 aliphatic rings. The Bertz CT molecular complexity index is 465. The number of carboxylic acids is 1. The van der Waals surface area contributed by atoms with Gasteiger partial charge in [-0.05, 0) is 0 Å². The van der Waals surface area contributed by atoms with Crippen LogP contribution in [0.4, 0.5) is 0 Å². The van der Waals surface area contributed by atoms with Crippen molar-refractivity contribution >= 4 is 17.7 Å². The van der Waals surface area contributed by atoms with E-state index in [-0.39, 0.29) is 17.4 Å². The third-order valence-electron chi connectivity index (χ3n) is 1.94. The van der Waals surface area contributed by atoms with Gasteiger partial charge >= 0.3 is 5.97 Å². The minimum atomic E-state index is -0.876. The number of hydrogen-bond donors (Lipinski definition) is 2. The van der Waals surface area contributed by atoms with Crippen LogP contribution < -0.4 is 5.56 Å². The first-order valence-electron chi connectivity index (χ1n) is 5.13. The summed E-state index contributed by atoms with van der Waals surface area (Å²) >= 11 is 1.17. The molecule has 6 nitrogen and oxygen atoms in total. The van der Waals surface area contributed by atoms with Crippen LogP contribution in [0.25, 0.3) is 0 Å². The van der Waals surface area contributed by atoms with Crippen LogP contribution in [0.3, 0.4) is 0 Å². The Hall–Kier alpha value is -1.37. The summed E-state index contributed by atoms with van der Waals surface area (Å²) in [6.07, 6.45) is 0.0232. The fourth-order valence-corrected chi connectivity index (χ4v) is 1.85. The van der Waals surface area contributed by atoms with Crippen molar-refractivity contribution in [3.63, 3.8) is 0 Å². The topological polar surface area (TPSA) is 95.9 Å². The summed E-state index contributed by atoms with van der Waals surface area (Å²) in [7, 11) is 0. The SMILES string of the molecule is CC(C)(C)c1nnc(SCCC(=O)O)[nH]c1=O. The van der Waals surface area contributed by atoms with Crippen LogP contribution in [-0.2, 0) is 10.2 Å². The highest BCUT2D eigenvalue weighted by Crippen LogP contribution is 2.16. The molecule has 1 rings (SSSR count). The lowest BCUT2D eigenvalue weighted by Crippen LogP contribution is -2.27. The summed E-state index contributed by atoms with van der Waals surface area (Å²) in [4.78, 5) is 24.6. The first-order chi connectivity index (χ1) is 7.80. The van der Waals surface area contributed by atoms with Crippen molar-refractivity contribution in [1.82, 2.24) is 15.2 Å². The molecule has 94 valence electrons. The van der Waals surface area contributed by atoms with Crippen molar-refractivity contribution in [3.8, 4) is 0 Å². The molecule has 0 aliphatic carbocycles. The summed E-state index contributed by atoms with van der Waals surface area (Å²) in [5.74, 6) is -0.520. The molecule has 0 fully saturated rings. The van der Waals surface area contributed by atoms with E-state index in [0.717, 1.165) is 0 Å². The summed E-state index contributed by atoms with van der Waals surface area (Å²) in [6, 6.07) is 0. The maximum absolute atomic E-state index is 11.7. The van der Waals surface area contributed by atoms with Gasteiger partial charge in [0.05, 0.1) is 6.42 Å². The number of carbonyl (C=O) groups is 1. The normalized spacial score (nSPS) is 11.5. The highest BCUT2D eigenvalue weighted by molar-refractivity contribution is 7.99. The number of hydrogen-bond acceptors (Lipinski definition) is 5. The Kier molecular flexibility index (Phi) is 4.28. The van der Waals surface area contributed by atoms with E-state index in [1.54, 1.807) is 0 Å². The second kappa shape index (κ2) is 5.31. The molecule has 0 aromatic carbocycles. The lowest BCUT2D eigenvalue weighted by Gasteiger charge is -2.15. The molecule has 0 atom stereocenters. The van der Waals surface area contributed by atoms with Crippen LogP contribution in [-0.4, -0.2) is 32.0 Å².